The van der Waals surface area contributed by atoms with E-state index in [9.17, 15) is 8.42 Å². The standard InChI is InChI=1S/C13H19NO3S/c1-11-3-5-13(6-4-11)18(15,16)17-10-12-7-8-14(2)9-12/h3-6,12H,7-10H2,1-2H3/t12-/m0/s1. The summed E-state index contributed by atoms with van der Waals surface area (Å²) in [7, 11) is -1.56. The van der Waals surface area contributed by atoms with Crippen LogP contribution < -0.4 is 0 Å². The van der Waals surface area contributed by atoms with Crippen LogP contribution in [0.1, 0.15) is 12.0 Å². The zero-order valence-electron chi connectivity index (χ0n) is 10.8. The summed E-state index contributed by atoms with van der Waals surface area (Å²) in [6.45, 7) is 4.12. The molecule has 0 N–H and O–H groups in total. The molecule has 1 aromatic rings. The smallest absolute Gasteiger partial charge is 0.296 e. The van der Waals surface area contributed by atoms with Crippen molar-refractivity contribution < 1.29 is 12.6 Å². The maximum absolute atomic E-state index is 11.9. The Morgan fingerprint density at radius 1 is 1.33 bits per heavy atom. The lowest BCUT2D eigenvalue weighted by Crippen LogP contribution is -2.18. The number of likely N-dealkylation sites (tertiary alicyclic amines) is 1. The summed E-state index contributed by atoms with van der Waals surface area (Å²) in [5.41, 5.74) is 1.03. The second-order valence-corrected chi connectivity index (χ2v) is 6.58. The summed E-state index contributed by atoms with van der Waals surface area (Å²) in [4.78, 5) is 2.42. The van der Waals surface area contributed by atoms with Crippen LogP contribution in [0.25, 0.3) is 0 Å². The van der Waals surface area contributed by atoms with E-state index < -0.39 is 10.1 Å². The second kappa shape index (κ2) is 5.38. The lowest BCUT2D eigenvalue weighted by molar-refractivity contribution is 0.253. The minimum atomic E-state index is -3.60. The predicted molar refractivity (Wildman–Crippen MR) is 69.9 cm³/mol. The van der Waals surface area contributed by atoms with E-state index >= 15 is 0 Å². The van der Waals surface area contributed by atoms with Gasteiger partial charge in [0.05, 0.1) is 11.5 Å². The largest absolute Gasteiger partial charge is 0.306 e. The third-order valence-corrected chi connectivity index (χ3v) is 4.55. The van der Waals surface area contributed by atoms with E-state index in [4.69, 9.17) is 4.18 Å². The Labute approximate surface area is 109 Å². The van der Waals surface area contributed by atoms with Gasteiger partial charge in [0.25, 0.3) is 10.1 Å². The van der Waals surface area contributed by atoms with E-state index in [1.54, 1.807) is 24.3 Å². The zero-order chi connectivity index (χ0) is 13.2. The van der Waals surface area contributed by atoms with Gasteiger partial charge in [-0.3, -0.25) is 4.18 Å². The molecule has 100 valence electrons. The van der Waals surface area contributed by atoms with Gasteiger partial charge in [0.1, 0.15) is 0 Å². The number of hydrogen-bond donors (Lipinski definition) is 0. The highest BCUT2D eigenvalue weighted by atomic mass is 32.2. The average molecular weight is 269 g/mol. The second-order valence-electron chi connectivity index (χ2n) is 4.97. The van der Waals surface area contributed by atoms with Gasteiger partial charge in [0.2, 0.25) is 0 Å². The molecular formula is C13H19NO3S. The van der Waals surface area contributed by atoms with Crippen molar-refractivity contribution in [2.24, 2.45) is 5.92 Å². The summed E-state index contributed by atoms with van der Waals surface area (Å²) >= 11 is 0. The average Bonchev–Trinajstić information content (AvgIpc) is 2.73. The van der Waals surface area contributed by atoms with Gasteiger partial charge in [-0.1, -0.05) is 17.7 Å². The fraction of sp³-hybridized carbons (Fsp3) is 0.538. The Hall–Kier alpha value is -0.910. The van der Waals surface area contributed by atoms with E-state index in [0.717, 1.165) is 25.1 Å². The summed E-state index contributed by atoms with van der Waals surface area (Å²) < 4.78 is 29.0. The lowest BCUT2D eigenvalue weighted by Gasteiger charge is -2.11. The fourth-order valence-electron chi connectivity index (χ4n) is 2.12. The minimum absolute atomic E-state index is 0.236. The van der Waals surface area contributed by atoms with Crippen molar-refractivity contribution in [2.75, 3.05) is 26.7 Å². The lowest BCUT2D eigenvalue weighted by atomic mass is 10.1. The van der Waals surface area contributed by atoms with Crippen molar-refractivity contribution in [3.63, 3.8) is 0 Å². The van der Waals surface area contributed by atoms with Crippen LogP contribution in [0, 0.1) is 12.8 Å². The van der Waals surface area contributed by atoms with Gasteiger partial charge < -0.3 is 4.90 Å². The van der Waals surface area contributed by atoms with Crippen LogP contribution >= 0.6 is 0 Å². The molecule has 0 bridgehead atoms. The van der Waals surface area contributed by atoms with Crippen LogP contribution in [0.2, 0.25) is 0 Å². The van der Waals surface area contributed by atoms with Gasteiger partial charge in [-0.05, 0) is 45.0 Å². The number of benzene rings is 1. The Balaban J connectivity index is 1.97. The summed E-state index contributed by atoms with van der Waals surface area (Å²) in [6, 6.07) is 6.73. The third kappa shape index (κ3) is 3.31. The molecule has 1 saturated heterocycles. The molecule has 1 fully saturated rings. The van der Waals surface area contributed by atoms with Crippen molar-refractivity contribution in [3.8, 4) is 0 Å². The normalized spacial score (nSPS) is 21.3. The minimum Gasteiger partial charge on any atom is -0.306 e. The van der Waals surface area contributed by atoms with Crippen molar-refractivity contribution in [3.05, 3.63) is 29.8 Å². The molecule has 18 heavy (non-hydrogen) atoms. The SMILES string of the molecule is Cc1ccc(S(=O)(=O)OC[C@H]2CCN(C)C2)cc1. The molecule has 2 rings (SSSR count). The zero-order valence-corrected chi connectivity index (χ0v) is 11.6. The first-order chi connectivity index (χ1) is 8.47. The third-order valence-electron chi connectivity index (χ3n) is 3.26. The molecule has 0 radical (unpaired) electrons. The van der Waals surface area contributed by atoms with Gasteiger partial charge in [-0.25, -0.2) is 0 Å². The summed E-state index contributed by atoms with van der Waals surface area (Å²) in [6.07, 6.45) is 1.000. The van der Waals surface area contributed by atoms with E-state index in [2.05, 4.69) is 4.90 Å². The molecule has 1 atom stereocenters. The maximum atomic E-state index is 11.9. The van der Waals surface area contributed by atoms with Crippen LogP contribution in [0.3, 0.4) is 0 Å². The molecule has 5 heteroatoms. The predicted octanol–water partition coefficient (Wildman–Crippen LogP) is 1.65. The van der Waals surface area contributed by atoms with Crippen molar-refractivity contribution in [1.29, 1.82) is 0 Å². The molecule has 0 aliphatic carbocycles. The summed E-state index contributed by atoms with van der Waals surface area (Å²) in [5, 5.41) is 0. The molecule has 0 saturated carbocycles. The highest BCUT2D eigenvalue weighted by molar-refractivity contribution is 7.86. The first-order valence-electron chi connectivity index (χ1n) is 6.12. The molecule has 1 heterocycles. The number of aryl methyl sites for hydroxylation is 1. The fourth-order valence-corrected chi connectivity index (χ4v) is 3.10. The van der Waals surface area contributed by atoms with Crippen molar-refractivity contribution in [1.82, 2.24) is 4.90 Å². The molecule has 0 amide bonds. The Morgan fingerprint density at radius 3 is 2.56 bits per heavy atom. The Bertz CT molecular complexity index is 495. The number of nitrogens with zero attached hydrogens (tertiary/aromatic N) is 1. The van der Waals surface area contributed by atoms with Gasteiger partial charge in [-0.2, -0.15) is 8.42 Å². The van der Waals surface area contributed by atoms with Crippen LogP contribution in [0.4, 0.5) is 0 Å². The van der Waals surface area contributed by atoms with E-state index in [-0.39, 0.29) is 11.5 Å². The highest BCUT2D eigenvalue weighted by Gasteiger charge is 2.23. The molecule has 1 aliphatic rings. The topological polar surface area (TPSA) is 46.6 Å². The quantitative estimate of drug-likeness (QED) is 0.780. The molecule has 4 nitrogen and oxygen atoms in total. The number of rotatable bonds is 4. The van der Waals surface area contributed by atoms with E-state index in [0.29, 0.717) is 5.92 Å². The number of hydrogen-bond acceptors (Lipinski definition) is 4. The van der Waals surface area contributed by atoms with E-state index in [1.807, 2.05) is 14.0 Å². The van der Waals surface area contributed by atoms with Crippen molar-refractivity contribution >= 4 is 10.1 Å². The van der Waals surface area contributed by atoms with E-state index in [1.165, 1.54) is 0 Å². The van der Waals surface area contributed by atoms with Crippen LogP contribution in [0.5, 0.6) is 0 Å². The first kappa shape index (κ1) is 13.5. The van der Waals surface area contributed by atoms with Gasteiger partial charge in [0.15, 0.2) is 0 Å². The first-order valence-corrected chi connectivity index (χ1v) is 7.53. The van der Waals surface area contributed by atoms with Crippen molar-refractivity contribution in [2.45, 2.75) is 18.2 Å². The van der Waals surface area contributed by atoms with Crippen LogP contribution in [-0.4, -0.2) is 40.1 Å². The van der Waals surface area contributed by atoms with Gasteiger partial charge in [0, 0.05) is 6.54 Å². The monoisotopic (exact) mass is 269 g/mol. The van der Waals surface area contributed by atoms with Gasteiger partial charge in [-0.15, -0.1) is 0 Å². The molecule has 1 aromatic carbocycles. The summed E-state index contributed by atoms with van der Waals surface area (Å²) in [5.74, 6) is 0.315. The molecule has 0 unspecified atom stereocenters. The molecule has 1 aliphatic heterocycles. The maximum Gasteiger partial charge on any atom is 0.296 e. The van der Waals surface area contributed by atoms with Crippen LogP contribution in [-0.2, 0) is 14.3 Å². The Morgan fingerprint density at radius 2 is 2.00 bits per heavy atom. The molecule has 0 spiro atoms. The molecule has 0 aromatic heterocycles. The molecular weight excluding hydrogens is 250 g/mol. The van der Waals surface area contributed by atoms with Gasteiger partial charge >= 0.3 is 0 Å². The highest BCUT2D eigenvalue weighted by Crippen LogP contribution is 2.18. The van der Waals surface area contributed by atoms with Crippen LogP contribution in [0.15, 0.2) is 29.2 Å². The Kier molecular flexibility index (Phi) is 4.04.